The van der Waals surface area contributed by atoms with Gasteiger partial charge < -0.3 is 24.3 Å². The summed E-state index contributed by atoms with van der Waals surface area (Å²) >= 11 is 0. The lowest BCUT2D eigenvalue weighted by Gasteiger charge is -2.26. The minimum atomic E-state index is -0.597. The molecule has 0 spiro atoms. The van der Waals surface area contributed by atoms with Crippen LogP contribution in [0.4, 0.5) is 0 Å². The van der Waals surface area contributed by atoms with Gasteiger partial charge in [0.05, 0.1) is 13.2 Å². The molecular formula is C22H23NO6. The third-order valence-corrected chi connectivity index (χ3v) is 4.04. The van der Waals surface area contributed by atoms with E-state index in [4.69, 9.17) is 18.9 Å². The molecular weight excluding hydrogens is 374 g/mol. The van der Waals surface area contributed by atoms with Crippen molar-refractivity contribution in [2.24, 2.45) is 0 Å². The van der Waals surface area contributed by atoms with Gasteiger partial charge in [0, 0.05) is 6.08 Å². The molecule has 0 bridgehead atoms. The van der Waals surface area contributed by atoms with Crippen LogP contribution >= 0.6 is 0 Å². The Labute approximate surface area is 169 Å². The van der Waals surface area contributed by atoms with E-state index < -0.39 is 11.9 Å². The summed E-state index contributed by atoms with van der Waals surface area (Å²) in [5, 5.41) is 2.67. The number of ether oxygens (including phenoxy) is 4. The Hall–Kier alpha value is -3.48. The fraction of sp³-hybridized carbons (Fsp3) is 0.273. The maximum Gasteiger partial charge on any atom is 0.331 e. The van der Waals surface area contributed by atoms with Crippen LogP contribution in [-0.4, -0.2) is 44.3 Å². The predicted molar refractivity (Wildman–Crippen MR) is 107 cm³/mol. The van der Waals surface area contributed by atoms with Gasteiger partial charge in [0.2, 0.25) is 0 Å². The van der Waals surface area contributed by atoms with Crippen LogP contribution in [0.25, 0.3) is 6.08 Å². The van der Waals surface area contributed by atoms with Gasteiger partial charge >= 0.3 is 5.97 Å². The maximum absolute atomic E-state index is 11.9. The SMILES string of the molecule is CCOc1ccc(/C=C/C(=O)OCC(=O)NC[C@H]2COc3ccccc3O2)cc1. The Morgan fingerprint density at radius 1 is 1.14 bits per heavy atom. The van der Waals surface area contributed by atoms with E-state index in [0.717, 1.165) is 11.3 Å². The van der Waals surface area contributed by atoms with E-state index in [1.165, 1.54) is 6.08 Å². The highest BCUT2D eigenvalue weighted by Gasteiger charge is 2.21. The highest BCUT2D eigenvalue weighted by molar-refractivity contribution is 5.89. The molecule has 0 unspecified atom stereocenters. The molecule has 7 nitrogen and oxygen atoms in total. The number of nitrogens with one attached hydrogen (secondary N) is 1. The summed E-state index contributed by atoms with van der Waals surface area (Å²) in [6.45, 7) is 2.73. The minimum absolute atomic E-state index is 0.257. The second kappa shape index (κ2) is 10.2. The fourth-order valence-electron chi connectivity index (χ4n) is 2.63. The van der Waals surface area contributed by atoms with Gasteiger partial charge in [0.25, 0.3) is 5.91 Å². The van der Waals surface area contributed by atoms with E-state index in [0.29, 0.717) is 24.7 Å². The first-order valence-corrected chi connectivity index (χ1v) is 9.37. The summed E-state index contributed by atoms with van der Waals surface area (Å²) in [6, 6.07) is 14.6. The van der Waals surface area contributed by atoms with Crippen molar-refractivity contribution in [2.75, 3.05) is 26.4 Å². The van der Waals surface area contributed by atoms with Crippen LogP contribution < -0.4 is 19.5 Å². The first-order valence-electron chi connectivity index (χ1n) is 9.37. The normalized spacial score (nSPS) is 15.0. The molecule has 1 amide bonds. The third kappa shape index (κ3) is 6.27. The number of para-hydroxylation sites is 2. The van der Waals surface area contributed by atoms with Crippen LogP contribution in [0, 0.1) is 0 Å². The summed E-state index contributed by atoms with van der Waals surface area (Å²) in [4.78, 5) is 23.7. The van der Waals surface area contributed by atoms with Crippen LogP contribution in [-0.2, 0) is 14.3 Å². The van der Waals surface area contributed by atoms with Crippen molar-refractivity contribution >= 4 is 18.0 Å². The van der Waals surface area contributed by atoms with Gasteiger partial charge in [-0.1, -0.05) is 24.3 Å². The molecule has 7 heteroatoms. The van der Waals surface area contributed by atoms with Crippen LogP contribution in [0.3, 0.4) is 0 Å². The fourth-order valence-corrected chi connectivity index (χ4v) is 2.63. The first kappa shape index (κ1) is 20.3. The van der Waals surface area contributed by atoms with Crippen molar-refractivity contribution in [3.63, 3.8) is 0 Å². The largest absolute Gasteiger partial charge is 0.494 e. The Balaban J connectivity index is 1.36. The molecule has 0 radical (unpaired) electrons. The molecule has 0 fully saturated rings. The Kier molecular flexibility index (Phi) is 7.10. The molecule has 0 aromatic heterocycles. The second-order valence-electron chi connectivity index (χ2n) is 6.24. The van der Waals surface area contributed by atoms with Gasteiger partial charge in [-0.15, -0.1) is 0 Å². The smallest absolute Gasteiger partial charge is 0.331 e. The molecule has 152 valence electrons. The molecule has 3 rings (SSSR count). The van der Waals surface area contributed by atoms with E-state index in [1.54, 1.807) is 6.08 Å². The number of benzene rings is 2. The van der Waals surface area contributed by atoms with Gasteiger partial charge in [0.1, 0.15) is 18.5 Å². The van der Waals surface area contributed by atoms with Gasteiger partial charge in [-0.25, -0.2) is 4.79 Å². The number of rotatable bonds is 8. The quantitative estimate of drug-likeness (QED) is 0.545. The van der Waals surface area contributed by atoms with Crippen molar-refractivity contribution in [1.82, 2.24) is 5.32 Å². The highest BCUT2D eigenvalue weighted by atomic mass is 16.6. The summed E-state index contributed by atoms with van der Waals surface area (Å²) in [7, 11) is 0. The lowest BCUT2D eigenvalue weighted by Crippen LogP contribution is -2.42. The zero-order valence-electron chi connectivity index (χ0n) is 16.1. The van der Waals surface area contributed by atoms with E-state index in [2.05, 4.69) is 5.32 Å². The topological polar surface area (TPSA) is 83.1 Å². The van der Waals surface area contributed by atoms with Gasteiger partial charge in [-0.05, 0) is 42.8 Å². The van der Waals surface area contributed by atoms with Crippen molar-refractivity contribution < 1.29 is 28.5 Å². The van der Waals surface area contributed by atoms with Gasteiger partial charge in [-0.2, -0.15) is 0 Å². The lowest BCUT2D eigenvalue weighted by molar-refractivity contribution is -0.143. The summed E-state index contributed by atoms with van der Waals surface area (Å²) in [6.07, 6.45) is 2.59. The first-order chi connectivity index (χ1) is 14.1. The number of fused-ring (bicyclic) bond motifs is 1. The molecule has 1 aliphatic heterocycles. The molecule has 0 saturated carbocycles. The molecule has 0 aliphatic carbocycles. The average molecular weight is 397 g/mol. The van der Waals surface area contributed by atoms with E-state index in [1.807, 2.05) is 55.5 Å². The van der Waals surface area contributed by atoms with E-state index >= 15 is 0 Å². The predicted octanol–water partition coefficient (Wildman–Crippen LogP) is 2.60. The maximum atomic E-state index is 11.9. The number of hydrogen-bond donors (Lipinski definition) is 1. The molecule has 1 N–H and O–H groups in total. The van der Waals surface area contributed by atoms with Crippen molar-refractivity contribution in [1.29, 1.82) is 0 Å². The number of hydrogen-bond acceptors (Lipinski definition) is 6. The number of esters is 1. The Morgan fingerprint density at radius 2 is 1.90 bits per heavy atom. The summed E-state index contributed by atoms with van der Waals surface area (Å²) in [5.74, 6) is 1.09. The summed E-state index contributed by atoms with van der Waals surface area (Å²) < 4.78 is 21.6. The molecule has 2 aromatic carbocycles. The zero-order chi connectivity index (χ0) is 20.5. The Morgan fingerprint density at radius 3 is 2.66 bits per heavy atom. The van der Waals surface area contributed by atoms with Crippen LogP contribution in [0.5, 0.6) is 17.2 Å². The lowest BCUT2D eigenvalue weighted by atomic mass is 10.2. The molecule has 1 atom stereocenters. The highest BCUT2D eigenvalue weighted by Crippen LogP contribution is 2.30. The van der Waals surface area contributed by atoms with Crippen molar-refractivity contribution in [3.8, 4) is 17.2 Å². The average Bonchev–Trinajstić information content (AvgIpc) is 2.76. The molecule has 1 heterocycles. The van der Waals surface area contributed by atoms with Crippen molar-refractivity contribution in [3.05, 3.63) is 60.2 Å². The van der Waals surface area contributed by atoms with Crippen molar-refractivity contribution in [2.45, 2.75) is 13.0 Å². The van der Waals surface area contributed by atoms with Crippen LogP contribution in [0.1, 0.15) is 12.5 Å². The van der Waals surface area contributed by atoms with Crippen LogP contribution in [0.2, 0.25) is 0 Å². The zero-order valence-corrected chi connectivity index (χ0v) is 16.1. The van der Waals surface area contributed by atoms with Gasteiger partial charge in [-0.3, -0.25) is 4.79 Å². The van der Waals surface area contributed by atoms with Crippen LogP contribution in [0.15, 0.2) is 54.6 Å². The minimum Gasteiger partial charge on any atom is -0.494 e. The monoisotopic (exact) mass is 397 g/mol. The Bertz CT molecular complexity index is 862. The summed E-state index contributed by atoms with van der Waals surface area (Å²) in [5.41, 5.74) is 0.824. The van der Waals surface area contributed by atoms with Gasteiger partial charge in [0.15, 0.2) is 18.1 Å². The number of carbonyl (C=O) groups is 2. The molecule has 2 aromatic rings. The van der Waals surface area contributed by atoms with E-state index in [-0.39, 0.29) is 19.3 Å². The third-order valence-electron chi connectivity index (χ3n) is 4.04. The number of carbonyl (C=O) groups excluding carboxylic acids is 2. The number of amides is 1. The molecule has 1 aliphatic rings. The second-order valence-corrected chi connectivity index (χ2v) is 6.24. The standard InChI is InChI=1S/C22H23NO6/c1-2-26-17-10-7-16(8-11-17)9-12-22(25)28-15-21(24)23-13-18-14-27-19-5-3-4-6-20(19)29-18/h3-12,18H,2,13-15H2,1H3,(H,23,24)/b12-9+/t18-/m0/s1. The molecule has 29 heavy (non-hydrogen) atoms. The molecule has 0 saturated heterocycles. The van der Waals surface area contributed by atoms with E-state index in [9.17, 15) is 9.59 Å².